The Hall–Kier alpha value is -3.22. The van der Waals surface area contributed by atoms with E-state index >= 15 is 0 Å². The van der Waals surface area contributed by atoms with Crippen LogP contribution in [0.1, 0.15) is 16.2 Å². The van der Waals surface area contributed by atoms with Gasteiger partial charge in [-0.25, -0.2) is 9.37 Å². The van der Waals surface area contributed by atoms with Gasteiger partial charge >= 0.3 is 5.97 Å². The van der Waals surface area contributed by atoms with Crippen molar-refractivity contribution in [1.82, 2.24) is 4.98 Å². The average molecular weight is 342 g/mol. The molecule has 1 aromatic carbocycles. The number of aryl methyl sites for hydroxylation is 1. The Morgan fingerprint density at radius 2 is 2.04 bits per heavy atom. The highest BCUT2D eigenvalue weighted by molar-refractivity contribution is 6.08. The number of fused-ring (bicyclic) bond motifs is 1. The van der Waals surface area contributed by atoms with Crippen LogP contribution in [-0.4, -0.2) is 30.5 Å². The highest BCUT2D eigenvalue weighted by Gasteiger charge is 2.25. The standard InChI is InChI=1S/C18H15FN2O4/c1-11-6-7-15-14(20-11)9-16(25-15)18(23)21(10-17(22)24-2)13-5-3-4-12(19)8-13/h3-9H,10H2,1-2H3. The summed E-state index contributed by atoms with van der Waals surface area (Å²) < 4.78 is 23.7. The molecule has 1 amide bonds. The second kappa shape index (κ2) is 6.72. The zero-order valence-corrected chi connectivity index (χ0v) is 13.7. The molecule has 0 N–H and O–H groups in total. The molecule has 0 aliphatic carbocycles. The quantitative estimate of drug-likeness (QED) is 0.681. The van der Waals surface area contributed by atoms with Gasteiger partial charge < -0.3 is 9.15 Å². The Morgan fingerprint density at radius 3 is 2.76 bits per heavy atom. The van der Waals surface area contributed by atoms with Crippen LogP contribution in [0, 0.1) is 12.7 Å². The number of furan rings is 1. The third-order valence-corrected chi connectivity index (χ3v) is 3.60. The Morgan fingerprint density at radius 1 is 1.24 bits per heavy atom. The third kappa shape index (κ3) is 3.50. The van der Waals surface area contributed by atoms with Gasteiger partial charge in [-0.15, -0.1) is 0 Å². The SMILES string of the molecule is COC(=O)CN(C(=O)c1cc2nc(C)ccc2o1)c1cccc(F)c1. The fraction of sp³-hybridized carbons (Fsp3) is 0.167. The number of carbonyl (C=O) groups is 2. The first-order valence-electron chi connectivity index (χ1n) is 7.49. The largest absolute Gasteiger partial charge is 0.468 e. The number of carbonyl (C=O) groups excluding carboxylic acids is 2. The molecule has 0 aliphatic heterocycles. The predicted molar refractivity (Wildman–Crippen MR) is 88.8 cm³/mol. The van der Waals surface area contributed by atoms with Gasteiger partial charge in [-0.1, -0.05) is 6.07 Å². The number of aromatic nitrogens is 1. The molecule has 25 heavy (non-hydrogen) atoms. The number of halogens is 1. The van der Waals surface area contributed by atoms with Crippen molar-refractivity contribution in [1.29, 1.82) is 0 Å². The van der Waals surface area contributed by atoms with Crippen LogP contribution in [0.3, 0.4) is 0 Å². The van der Waals surface area contributed by atoms with Gasteiger partial charge in [0, 0.05) is 17.4 Å². The minimum Gasteiger partial charge on any atom is -0.468 e. The monoisotopic (exact) mass is 342 g/mol. The Labute approximate surface area is 142 Å². The minimum atomic E-state index is -0.636. The molecule has 0 saturated carbocycles. The molecule has 6 nitrogen and oxygen atoms in total. The molecule has 0 atom stereocenters. The number of ether oxygens (including phenoxy) is 1. The molecule has 3 aromatic rings. The summed E-state index contributed by atoms with van der Waals surface area (Å²) in [5.74, 6) is -1.75. The number of esters is 1. The normalized spacial score (nSPS) is 10.7. The number of hydrogen-bond donors (Lipinski definition) is 0. The van der Waals surface area contributed by atoms with E-state index in [1.54, 1.807) is 12.1 Å². The van der Waals surface area contributed by atoms with Gasteiger partial charge in [0.15, 0.2) is 11.3 Å². The molecule has 0 fully saturated rings. The topological polar surface area (TPSA) is 72.6 Å². The first-order valence-corrected chi connectivity index (χ1v) is 7.49. The molecule has 2 aromatic heterocycles. The van der Waals surface area contributed by atoms with Crippen molar-refractivity contribution in [3.63, 3.8) is 0 Å². The average Bonchev–Trinajstić information content (AvgIpc) is 3.01. The van der Waals surface area contributed by atoms with Crippen molar-refractivity contribution in [2.45, 2.75) is 6.92 Å². The molecule has 0 aliphatic rings. The van der Waals surface area contributed by atoms with Crippen LogP contribution in [0.4, 0.5) is 10.1 Å². The van der Waals surface area contributed by atoms with E-state index in [2.05, 4.69) is 9.72 Å². The molecule has 0 unspecified atom stereocenters. The van der Waals surface area contributed by atoms with Gasteiger partial charge in [-0.05, 0) is 37.3 Å². The molecule has 7 heteroatoms. The van der Waals surface area contributed by atoms with E-state index in [9.17, 15) is 14.0 Å². The van der Waals surface area contributed by atoms with E-state index < -0.39 is 17.7 Å². The van der Waals surface area contributed by atoms with Crippen LogP contribution in [0.25, 0.3) is 11.1 Å². The van der Waals surface area contributed by atoms with Crippen molar-refractivity contribution < 1.29 is 23.1 Å². The van der Waals surface area contributed by atoms with Gasteiger partial charge in [-0.3, -0.25) is 14.5 Å². The highest BCUT2D eigenvalue weighted by Crippen LogP contribution is 2.23. The third-order valence-electron chi connectivity index (χ3n) is 3.60. The second-order valence-corrected chi connectivity index (χ2v) is 5.39. The summed E-state index contributed by atoms with van der Waals surface area (Å²) in [5.41, 5.74) is 1.98. The first kappa shape index (κ1) is 16.6. The van der Waals surface area contributed by atoms with Gasteiger partial charge in [0.25, 0.3) is 5.91 Å². The van der Waals surface area contributed by atoms with Crippen molar-refractivity contribution in [3.8, 4) is 0 Å². The summed E-state index contributed by atoms with van der Waals surface area (Å²) >= 11 is 0. The van der Waals surface area contributed by atoms with Gasteiger partial charge in [-0.2, -0.15) is 0 Å². The summed E-state index contributed by atoms with van der Waals surface area (Å²) in [6, 6.07) is 10.3. The smallest absolute Gasteiger partial charge is 0.325 e. The molecule has 0 bridgehead atoms. The summed E-state index contributed by atoms with van der Waals surface area (Å²) in [5, 5.41) is 0. The number of methoxy groups -OCH3 is 1. The fourth-order valence-corrected chi connectivity index (χ4v) is 2.38. The first-order chi connectivity index (χ1) is 12.0. The van der Waals surface area contributed by atoms with E-state index in [0.717, 1.165) is 16.7 Å². The maximum atomic E-state index is 13.5. The fourth-order valence-electron chi connectivity index (χ4n) is 2.38. The number of anilines is 1. The van der Waals surface area contributed by atoms with Gasteiger partial charge in [0.05, 0.1) is 7.11 Å². The molecule has 0 saturated heterocycles. The van der Waals surface area contributed by atoms with E-state index in [4.69, 9.17) is 4.42 Å². The van der Waals surface area contributed by atoms with Crippen molar-refractivity contribution in [2.24, 2.45) is 0 Å². The Kier molecular flexibility index (Phi) is 4.47. The van der Waals surface area contributed by atoms with E-state index in [0.29, 0.717) is 11.1 Å². The van der Waals surface area contributed by atoms with E-state index in [1.165, 1.54) is 31.4 Å². The van der Waals surface area contributed by atoms with Crippen LogP contribution in [0.5, 0.6) is 0 Å². The van der Waals surface area contributed by atoms with E-state index in [1.807, 2.05) is 6.92 Å². The Bertz CT molecular complexity index is 951. The lowest BCUT2D eigenvalue weighted by Crippen LogP contribution is -2.36. The summed E-state index contributed by atoms with van der Waals surface area (Å²) in [7, 11) is 1.21. The molecule has 0 radical (unpaired) electrons. The molecule has 128 valence electrons. The van der Waals surface area contributed by atoms with Crippen molar-refractivity contribution in [3.05, 3.63) is 59.7 Å². The number of benzene rings is 1. The Balaban J connectivity index is 2.01. The number of hydrogen-bond acceptors (Lipinski definition) is 5. The van der Waals surface area contributed by atoms with Crippen LogP contribution in [0.15, 0.2) is 46.9 Å². The molecular formula is C18H15FN2O4. The van der Waals surface area contributed by atoms with Crippen LogP contribution in [0.2, 0.25) is 0 Å². The number of amides is 1. The maximum Gasteiger partial charge on any atom is 0.325 e. The lowest BCUT2D eigenvalue weighted by atomic mass is 10.2. The van der Waals surface area contributed by atoms with Crippen LogP contribution < -0.4 is 4.90 Å². The number of pyridine rings is 1. The number of rotatable bonds is 4. The lowest BCUT2D eigenvalue weighted by Gasteiger charge is -2.20. The second-order valence-electron chi connectivity index (χ2n) is 5.39. The van der Waals surface area contributed by atoms with Crippen molar-refractivity contribution in [2.75, 3.05) is 18.6 Å². The van der Waals surface area contributed by atoms with E-state index in [-0.39, 0.29) is 18.0 Å². The number of nitrogens with zero attached hydrogens (tertiary/aromatic N) is 2. The summed E-state index contributed by atoms with van der Waals surface area (Å²) in [6.07, 6.45) is 0. The minimum absolute atomic E-state index is 0.00117. The molecule has 0 spiro atoms. The summed E-state index contributed by atoms with van der Waals surface area (Å²) in [6.45, 7) is 1.45. The predicted octanol–water partition coefficient (Wildman–Crippen LogP) is 3.10. The lowest BCUT2D eigenvalue weighted by molar-refractivity contribution is -0.138. The van der Waals surface area contributed by atoms with Crippen LogP contribution in [-0.2, 0) is 9.53 Å². The summed E-state index contributed by atoms with van der Waals surface area (Å²) in [4.78, 5) is 29.9. The highest BCUT2D eigenvalue weighted by atomic mass is 19.1. The zero-order chi connectivity index (χ0) is 18.0. The molecule has 2 heterocycles. The zero-order valence-electron chi connectivity index (χ0n) is 13.7. The van der Waals surface area contributed by atoms with Crippen molar-refractivity contribution >= 4 is 28.7 Å². The maximum absolute atomic E-state index is 13.5. The molecular weight excluding hydrogens is 327 g/mol. The van der Waals surface area contributed by atoms with Crippen LogP contribution >= 0.6 is 0 Å². The van der Waals surface area contributed by atoms with Gasteiger partial charge in [0.2, 0.25) is 0 Å². The van der Waals surface area contributed by atoms with Gasteiger partial charge in [0.1, 0.15) is 17.9 Å². The molecule has 3 rings (SSSR count).